The summed E-state index contributed by atoms with van der Waals surface area (Å²) in [5.41, 5.74) is 9.09. The summed E-state index contributed by atoms with van der Waals surface area (Å²) in [4.78, 5) is 2.61. The average Bonchev–Trinajstić information content (AvgIpc) is 2.39. The molecule has 7 heteroatoms. The first-order valence-electron chi connectivity index (χ1n) is 6.08. The lowest BCUT2D eigenvalue weighted by Crippen LogP contribution is -2.29. The van der Waals surface area contributed by atoms with Crippen LogP contribution in [0.1, 0.15) is 24.8 Å². The molecule has 0 bridgehead atoms. The fourth-order valence-electron chi connectivity index (χ4n) is 1.69. The molecule has 0 aromatic heterocycles. The maximum atomic E-state index is 11.8. The lowest BCUT2D eigenvalue weighted by atomic mass is 10.0. The van der Waals surface area contributed by atoms with E-state index in [9.17, 15) is 8.42 Å². The predicted molar refractivity (Wildman–Crippen MR) is 75.3 cm³/mol. The molecule has 0 aliphatic carbocycles. The van der Waals surface area contributed by atoms with Crippen molar-refractivity contribution in [2.24, 2.45) is 5.11 Å². The molecule has 0 aliphatic rings. The van der Waals surface area contributed by atoms with E-state index in [4.69, 9.17) is 5.53 Å². The van der Waals surface area contributed by atoms with Gasteiger partial charge in [-0.2, -0.15) is 0 Å². The highest BCUT2D eigenvalue weighted by Crippen LogP contribution is 2.16. The second-order valence-electron chi connectivity index (χ2n) is 4.30. The second-order valence-corrected chi connectivity index (χ2v) is 6.15. The number of azide groups is 1. The standard InChI is InChI=1S/C12H18N4O2S/c1-11(12-6-3-2-4-7-12)10-19(17,18)15-9-5-8-14-16-13/h2-4,6-7,11,15H,5,8-10H2,1H3. The lowest BCUT2D eigenvalue weighted by Gasteiger charge is -2.12. The Hall–Kier alpha value is -1.56. The predicted octanol–water partition coefficient (Wildman–Crippen LogP) is 2.41. The van der Waals surface area contributed by atoms with Gasteiger partial charge in [0.25, 0.3) is 0 Å². The SMILES string of the molecule is CC(CS(=O)(=O)NCCCN=[N+]=[N-])c1ccccc1. The minimum atomic E-state index is -3.30. The van der Waals surface area contributed by atoms with Crippen LogP contribution in [0.4, 0.5) is 0 Å². The number of hydrogen-bond acceptors (Lipinski definition) is 3. The Morgan fingerprint density at radius 3 is 2.68 bits per heavy atom. The van der Waals surface area contributed by atoms with Crippen molar-refractivity contribution in [2.45, 2.75) is 19.3 Å². The maximum absolute atomic E-state index is 11.8. The fourth-order valence-corrected chi connectivity index (χ4v) is 3.11. The van der Waals surface area contributed by atoms with Gasteiger partial charge < -0.3 is 0 Å². The second kappa shape index (κ2) is 7.78. The lowest BCUT2D eigenvalue weighted by molar-refractivity contribution is 0.574. The molecule has 1 atom stereocenters. The van der Waals surface area contributed by atoms with Crippen LogP contribution < -0.4 is 4.72 Å². The number of nitrogens with zero attached hydrogens (tertiary/aromatic N) is 3. The molecule has 0 radical (unpaired) electrons. The van der Waals surface area contributed by atoms with Crippen LogP contribution in [0.15, 0.2) is 35.4 Å². The largest absolute Gasteiger partial charge is 0.215 e. The molecule has 1 aromatic carbocycles. The molecule has 1 unspecified atom stereocenters. The smallest absolute Gasteiger partial charge is 0.212 e. The van der Waals surface area contributed by atoms with Crippen LogP contribution in [-0.2, 0) is 10.0 Å². The quantitative estimate of drug-likeness (QED) is 0.343. The van der Waals surface area contributed by atoms with Gasteiger partial charge in [0.2, 0.25) is 10.0 Å². The Balaban J connectivity index is 2.44. The van der Waals surface area contributed by atoms with Gasteiger partial charge in [-0.05, 0) is 23.4 Å². The van der Waals surface area contributed by atoms with Crippen molar-refractivity contribution in [3.63, 3.8) is 0 Å². The van der Waals surface area contributed by atoms with Gasteiger partial charge in [0.05, 0.1) is 5.75 Å². The average molecular weight is 282 g/mol. The van der Waals surface area contributed by atoms with Gasteiger partial charge in [-0.1, -0.05) is 42.4 Å². The number of benzene rings is 1. The van der Waals surface area contributed by atoms with Crippen molar-refractivity contribution >= 4 is 10.0 Å². The summed E-state index contributed by atoms with van der Waals surface area (Å²) in [5, 5.41) is 3.35. The van der Waals surface area contributed by atoms with Crippen molar-refractivity contribution in [3.8, 4) is 0 Å². The number of nitrogens with one attached hydrogen (secondary N) is 1. The molecule has 0 spiro atoms. The van der Waals surface area contributed by atoms with Crippen LogP contribution in [0.5, 0.6) is 0 Å². The van der Waals surface area contributed by atoms with Gasteiger partial charge in [-0.25, -0.2) is 13.1 Å². The third-order valence-corrected chi connectivity index (χ3v) is 4.24. The van der Waals surface area contributed by atoms with Gasteiger partial charge in [0.1, 0.15) is 0 Å². The van der Waals surface area contributed by atoms with E-state index < -0.39 is 10.0 Å². The van der Waals surface area contributed by atoms with E-state index in [0.29, 0.717) is 19.5 Å². The molecular weight excluding hydrogens is 264 g/mol. The van der Waals surface area contributed by atoms with Crippen molar-refractivity contribution in [3.05, 3.63) is 46.3 Å². The first kappa shape index (κ1) is 15.5. The van der Waals surface area contributed by atoms with Crippen molar-refractivity contribution in [2.75, 3.05) is 18.8 Å². The topological polar surface area (TPSA) is 94.9 Å². The van der Waals surface area contributed by atoms with Gasteiger partial charge in [-0.15, -0.1) is 0 Å². The Morgan fingerprint density at radius 2 is 2.05 bits per heavy atom. The van der Waals surface area contributed by atoms with E-state index in [2.05, 4.69) is 14.7 Å². The van der Waals surface area contributed by atoms with Crippen molar-refractivity contribution in [1.82, 2.24) is 4.72 Å². The molecule has 0 amide bonds. The van der Waals surface area contributed by atoms with Crippen LogP contribution >= 0.6 is 0 Å². The van der Waals surface area contributed by atoms with E-state index in [1.807, 2.05) is 37.3 Å². The molecule has 104 valence electrons. The third-order valence-electron chi connectivity index (χ3n) is 2.66. The normalized spacial score (nSPS) is 12.7. The van der Waals surface area contributed by atoms with E-state index in [0.717, 1.165) is 5.56 Å². The summed E-state index contributed by atoms with van der Waals surface area (Å²) >= 11 is 0. The minimum Gasteiger partial charge on any atom is -0.215 e. The summed E-state index contributed by atoms with van der Waals surface area (Å²) < 4.78 is 26.2. The number of sulfonamides is 1. The Bertz CT molecular complexity index is 524. The summed E-state index contributed by atoms with van der Waals surface area (Å²) in [6, 6.07) is 9.53. The zero-order chi connectivity index (χ0) is 14.1. The highest BCUT2D eigenvalue weighted by Gasteiger charge is 2.16. The highest BCUT2D eigenvalue weighted by atomic mass is 32.2. The van der Waals surface area contributed by atoms with E-state index >= 15 is 0 Å². The van der Waals surface area contributed by atoms with Crippen LogP contribution in [0.3, 0.4) is 0 Å². The first-order valence-corrected chi connectivity index (χ1v) is 7.73. The van der Waals surface area contributed by atoms with E-state index in [1.54, 1.807) is 0 Å². The molecule has 1 N–H and O–H groups in total. The summed E-state index contributed by atoms with van der Waals surface area (Å²) in [7, 11) is -3.30. The summed E-state index contributed by atoms with van der Waals surface area (Å²) in [6.07, 6.45) is 0.503. The Kier molecular flexibility index (Phi) is 6.35. The van der Waals surface area contributed by atoms with Crippen molar-refractivity contribution in [1.29, 1.82) is 0 Å². The summed E-state index contributed by atoms with van der Waals surface area (Å²) in [6.45, 7) is 2.48. The molecule has 6 nitrogen and oxygen atoms in total. The van der Waals surface area contributed by atoms with Gasteiger partial charge in [-0.3, -0.25) is 0 Å². The maximum Gasteiger partial charge on any atom is 0.212 e. The molecule has 0 fully saturated rings. The Morgan fingerprint density at radius 1 is 1.37 bits per heavy atom. The van der Waals surface area contributed by atoms with E-state index in [1.165, 1.54) is 0 Å². The molecule has 1 aromatic rings. The fraction of sp³-hybridized carbons (Fsp3) is 0.500. The van der Waals surface area contributed by atoms with Gasteiger partial charge in [0.15, 0.2) is 0 Å². The Labute approximate surface area is 113 Å². The van der Waals surface area contributed by atoms with Crippen LogP contribution in [-0.4, -0.2) is 27.3 Å². The molecule has 0 heterocycles. The molecule has 0 saturated heterocycles. The highest BCUT2D eigenvalue weighted by molar-refractivity contribution is 7.89. The minimum absolute atomic E-state index is 0.0541. The summed E-state index contributed by atoms with van der Waals surface area (Å²) in [5.74, 6) is -0.00532. The first-order chi connectivity index (χ1) is 9.05. The van der Waals surface area contributed by atoms with Crippen molar-refractivity contribution < 1.29 is 8.42 Å². The number of hydrogen-bond donors (Lipinski definition) is 1. The van der Waals surface area contributed by atoms with Crippen LogP contribution in [0.25, 0.3) is 10.4 Å². The molecular formula is C12H18N4O2S. The van der Waals surface area contributed by atoms with Gasteiger partial charge >= 0.3 is 0 Å². The zero-order valence-electron chi connectivity index (χ0n) is 10.9. The monoisotopic (exact) mass is 282 g/mol. The molecule has 1 rings (SSSR count). The van der Waals surface area contributed by atoms with Gasteiger partial charge in [0, 0.05) is 18.0 Å². The zero-order valence-corrected chi connectivity index (χ0v) is 11.7. The molecule has 0 aliphatic heterocycles. The van der Waals surface area contributed by atoms with E-state index in [-0.39, 0.29) is 11.7 Å². The third kappa shape index (κ3) is 6.24. The number of rotatable bonds is 8. The molecule has 19 heavy (non-hydrogen) atoms. The van der Waals surface area contributed by atoms with Crippen LogP contribution in [0, 0.1) is 0 Å². The molecule has 0 saturated carbocycles. The van der Waals surface area contributed by atoms with Crippen LogP contribution in [0.2, 0.25) is 0 Å².